The molecule has 0 bridgehead atoms. The van der Waals surface area contributed by atoms with Crippen molar-refractivity contribution in [2.75, 3.05) is 19.6 Å². The average Bonchev–Trinajstić information content (AvgIpc) is 2.34. The highest BCUT2D eigenvalue weighted by Crippen LogP contribution is 2.20. The zero-order valence-corrected chi connectivity index (χ0v) is 12.8. The van der Waals surface area contributed by atoms with Gasteiger partial charge in [-0.15, -0.1) is 0 Å². The molecule has 4 heteroatoms. The van der Waals surface area contributed by atoms with Crippen LogP contribution in [0.3, 0.4) is 0 Å². The molecule has 0 aliphatic carbocycles. The summed E-state index contributed by atoms with van der Waals surface area (Å²) in [6, 6.07) is 5.01. The van der Waals surface area contributed by atoms with E-state index in [4.69, 9.17) is 17.3 Å². The lowest BCUT2D eigenvalue weighted by Gasteiger charge is -2.31. The zero-order chi connectivity index (χ0) is 14.5. The largest absolute Gasteiger partial charge is 0.330 e. The summed E-state index contributed by atoms with van der Waals surface area (Å²) in [5, 5.41) is 0.174. The first-order valence-corrected chi connectivity index (χ1v) is 7.12. The molecule has 0 spiro atoms. The quantitative estimate of drug-likeness (QED) is 0.828. The van der Waals surface area contributed by atoms with E-state index in [9.17, 15) is 4.39 Å². The number of nitrogens with two attached hydrogens (primary N) is 1. The van der Waals surface area contributed by atoms with E-state index in [1.54, 1.807) is 6.07 Å². The fourth-order valence-electron chi connectivity index (χ4n) is 2.10. The van der Waals surface area contributed by atoms with Crippen molar-refractivity contribution in [1.82, 2.24) is 4.90 Å². The van der Waals surface area contributed by atoms with Gasteiger partial charge in [-0.05, 0) is 42.6 Å². The molecule has 0 aliphatic heterocycles. The van der Waals surface area contributed by atoms with Gasteiger partial charge in [-0.3, -0.25) is 4.90 Å². The fraction of sp³-hybridized carbons (Fsp3) is 0.600. The van der Waals surface area contributed by atoms with Gasteiger partial charge in [0, 0.05) is 13.1 Å². The molecule has 0 fully saturated rings. The molecule has 0 saturated carbocycles. The van der Waals surface area contributed by atoms with Gasteiger partial charge in [0.2, 0.25) is 0 Å². The minimum Gasteiger partial charge on any atom is -0.330 e. The van der Waals surface area contributed by atoms with E-state index >= 15 is 0 Å². The lowest BCUT2D eigenvalue weighted by atomic mass is 9.93. The maximum atomic E-state index is 13.4. The van der Waals surface area contributed by atoms with E-state index in [1.807, 2.05) is 6.07 Å². The van der Waals surface area contributed by atoms with Crippen molar-refractivity contribution in [2.24, 2.45) is 11.1 Å². The summed E-state index contributed by atoms with van der Waals surface area (Å²) >= 11 is 5.70. The lowest BCUT2D eigenvalue weighted by molar-refractivity contribution is 0.176. The Morgan fingerprint density at radius 1 is 1.37 bits per heavy atom. The van der Waals surface area contributed by atoms with Gasteiger partial charge in [0.1, 0.15) is 5.82 Å². The molecule has 1 rings (SSSR count). The number of hydrogen-bond donors (Lipinski definition) is 1. The van der Waals surface area contributed by atoms with Gasteiger partial charge in [0.05, 0.1) is 5.02 Å². The molecular formula is C15H24ClFN2. The zero-order valence-electron chi connectivity index (χ0n) is 12.0. The van der Waals surface area contributed by atoms with Crippen molar-refractivity contribution in [3.63, 3.8) is 0 Å². The Hall–Kier alpha value is -0.640. The molecule has 0 amide bonds. The summed E-state index contributed by atoms with van der Waals surface area (Å²) in [6.07, 6.45) is 1.07. The second-order valence-corrected chi connectivity index (χ2v) is 6.23. The Morgan fingerprint density at radius 3 is 2.58 bits per heavy atom. The molecule has 0 saturated heterocycles. The summed E-state index contributed by atoms with van der Waals surface area (Å²) in [5.41, 5.74) is 6.80. The highest BCUT2D eigenvalue weighted by molar-refractivity contribution is 6.30. The van der Waals surface area contributed by atoms with Gasteiger partial charge < -0.3 is 5.73 Å². The van der Waals surface area contributed by atoms with Gasteiger partial charge in [-0.2, -0.15) is 0 Å². The van der Waals surface area contributed by atoms with E-state index < -0.39 is 0 Å². The third-order valence-corrected chi connectivity index (χ3v) is 3.44. The number of halogens is 2. The molecule has 108 valence electrons. The van der Waals surface area contributed by atoms with Crippen LogP contribution in [0.5, 0.6) is 0 Å². The minimum absolute atomic E-state index is 0.0696. The molecule has 19 heavy (non-hydrogen) atoms. The first-order valence-electron chi connectivity index (χ1n) is 6.74. The Labute approximate surface area is 120 Å². The smallest absolute Gasteiger partial charge is 0.142 e. The summed E-state index contributed by atoms with van der Waals surface area (Å²) in [6.45, 7) is 9.70. The fourth-order valence-corrected chi connectivity index (χ4v) is 2.21. The molecule has 0 aromatic heterocycles. The topological polar surface area (TPSA) is 29.3 Å². The molecule has 0 aliphatic rings. The van der Waals surface area contributed by atoms with Gasteiger partial charge in [0.25, 0.3) is 0 Å². The molecule has 0 radical (unpaired) electrons. The van der Waals surface area contributed by atoms with Crippen molar-refractivity contribution >= 4 is 11.6 Å². The molecule has 1 aromatic rings. The second-order valence-electron chi connectivity index (χ2n) is 5.83. The van der Waals surface area contributed by atoms with Crippen LogP contribution < -0.4 is 5.73 Å². The summed E-state index contributed by atoms with van der Waals surface area (Å²) in [4.78, 5) is 2.32. The van der Waals surface area contributed by atoms with Gasteiger partial charge in [0.15, 0.2) is 0 Å². The Balaban J connectivity index is 2.74. The Morgan fingerprint density at radius 2 is 2.05 bits per heavy atom. The summed E-state index contributed by atoms with van der Waals surface area (Å²) in [7, 11) is 0. The SMILES string of the molecule is CCCN(Cc1ccc(Cl)c(F)c1)CC(C)(C)CN. The van der Waals surface area contributed by atoms with Gasteiger partial charge >= 0.3 is 0 Å². The van der Waals surface area contributed by atoms with Crippen LogP contribution in [0.25, 0.3) is 0 Å². The Kier molecular flexibility index (Phi) is 6.24. The maximum Gasteiger partial charge on any atom is 0.142 e. The minimum atomic E-state index is -0.353. The van der Waals surface area contributed by atoms with Crippen LogP contribution in [0.15, 0.2) is 18.2 Å². The number of hydrogen-bond acceptors (Lipinski definition) is 2. The van der Waals surface area contributed by atoms with Crippen molar-refractivity contribution in [2.45, 2.75) is 33.7 Å². The Bertz CT molecular complexity index is 407. The lowest BCUT2D eigenvalue weighted by Crippen LogP contribution is -2.38. The normalized spacial score (nSPS) is 12.2. The van der Waals surface area contributed by atoms with Crippen LogP contribution >= 0.6 is 11.6 Å². The number of rotatable bonds is 7. The molecular weight excluding hydrogens is 263 g/mol. The molecule has 0 heterocycles. The van der Waals surface area contributed by atoms with Crippen LogP contribution in [-0.4, -0.2) is 24.5 Å². The first kappa shape index (κ1) is 16.4. The van der Waals surface area contributed by atoms with E-state index in [0.29, 0.717) is 6.54 Å². The van der Waals surface area contributed by atoms with Crippen molar-refractivity contribution in [3.8, 4) is 0 Å². The number of nitrogens with zero attached hydrogens (tertiary/aromatic N) is 1. The van der Waals surface area contributed by atoms with Gasteiger partial charge in [-0.1, -0.05) is 38.4 Å². The van der Waals surface area contributed by atoms with Gasteiger partial charge in [-0.25, -0.2) is 4.39 Å². The summed E-state index contributed by atoms with van der Waals surface area (Å²) < 4.78 is 13.4. The van der Waals surface area contributed by atoms with Crippen LogP contribution in [0, 0.1) is 11.2 Å². The summed E-state index contributed by atoms with van der Waals surface area (Å²) in [5.74, 6) is -0.353. The second kappa shape index (κ2) is 7.22. The molecule has 2 N–H and O–H groups in total. The van der Waals surface area contributed by atoms with E-state index in [2.05, 4.69) is 25.7 Å². The highest BCUT2D eigenvalue weighted by atomic mass is 35.5. The maximum absolute atomic E-state index is 13.4. The van der Waals surface area contributed by atoms with E-state index in [1.165, 1.54) is 6.07 Å². The van der Waals surface area contributed by atoms with Crippen molar-refractivity contribution in [3.05, 3.63) is 34.6 Å². The monoisotopic (exact) mass is 286 g/mol. The van der Waals surface area contributed by atoms with E-state index in [-0.39, 0.29) is 16.3 Å². The molecule has 2 nitrogen and oxygen atoms in total. The van der Waals surface area contributed by atoms with Crippen LogP contribution in [-0.2, 0) is 6.54 Å². The highest BCUT2D eigenvalue weighted by Gasteiger charge is 2.20. The third kappa shape index (κ3) is 5.47. The third-order valence-electron chi connectivity index (χ3n) is 3.13. The van der Waals surface area contributed by atoms with Crippen LogP contribution in [0.4, 0.5) is 4.39 Å². The van der Waals surface area contributed by atoms with Crippen LogP contribution in [0.1, 0.15) is 32.8 Å². The molecule has 0 unspecified atom stereocenters. The molecule has 0 atom stereocenters. The molecule has 1 aromatic carbocycles. The predicted molar refractivity (Wildman–Crippen MR) is 79.8 cm³/mol. The van der Waals surface area contributed by atoms with Crippen LogP contribution in [0.2, 0.25) is 5.02 Å². The van der Waals surface area contributed by atoms with Crippen molar-refractivity contribution in [1.29, 1.82) is 0 Å². The first-order chi connectivity index (χ1) is 8.88. The average molecular weight is 287 g/mol. The predicted octanol–water partition coefficient (Wildman–Crippen LogP) is 3.68. The standard InChI is InChI=1S/C15H24ClFN2/c1-4-7-19(11-15(2,3)10-18)9-12-5-6-13(16)14(17)8-12/h5-6,8H,4,7,9-11,18H2,1-3H3. The van der Waals surface area contributed by atoms with E-state index in [0.717, 1.165) is 31.6 Å². The number of benzene rings is 1. The van der Waals surface area contributed by atoms with Crippen molar-refractivity contribution < 1.29 is 4.39 Å².